The second-order valence-electron chi connectivity index (χ2n) is 5.20. The van der Waals surface area contributed by atoms with E-state index in [1.165, 1.54) is 6.07 Å². The smallest absolute Gasteiger partial charge is 0.311 e. The highest BCUT2D eigenvalue weighted by Gasteiger charge is 2.25. The van der Waals surface area contributed by atoms with Gasteiger partial charge in [0, 0.05) is 30.3 Å². The van der Waals surface area contributed by atoms with Gasteiger partial charge < -0.3 is 9.64 Å². The van der Waals surface area contributed by atoms with Crippen molar-refractivity contribution in [3.8, 4) is 0 Å². The maximum atomic E-state index is 11.3. The number of rotatable bonds is 6. The molecular formula is C15H17N3O3S. The first-order chi connectivity index (χ1) is 10.7. The molecule has 1 saturated heterocycles. The SMILES string of the molecule is O=[N+]([O-])c1cccnc1N(Cc1cccs1)C[C@@H]1CCCO1. The summed E-state index contributed by atoms with van der Waals surface area (Å²) in [4.78, 5) is 18.3. The second kappa shape index (κ2) is 6.85. The highest BCUT2D eigenvalue weighted by atomic mass is 32.1. The summed E-state index contributed by atoms with van der Waals surface area (Å²) in [6.07, 6.45) is 3.74. The first kappa shape index (κ1) is 14.9. The molecule has 1 fully saturated rings. The van der Waals surface area contributed by atoms with Crippen molar-refractivity contribution in [1.29, 1.82) is 0 Å². The highest BCUT2D eigenvalue weighted by molar-refractivity contribution is 7.09. The fourth-order valence-corrected chi connectivity index (χ4v) is 3.34. The van der Waals surface area contributed by atoms with Crippen LogP contribution in [0, 0.1) is 10.1 Å². The minimum Gasteiger partial charge on any atom is -0.376 e. The molecule has 0 unspecified atom stereocenters. The van der Waals surface area contributed by atoms with Crippen LogP contribution in [0.1, 0.15) is 17.7 Å². The van der Waals surface area contributed by atoms with Crippen LogP contribution in [-0.4, -0.2) is 29.2 Å². The largest absolute Gasteiger partial charge is 0.376 e. The third-order valence-electron chi connectivity index (χ3n) is 3.64. The first-order valence-corrected chi connectivity index (χ1v) is 8.10. The molecule has 0 amide bonds. The number of aromatic nitrogens is 1. The van der Waals surface area contributed by atoms with Crippen LogP contribution in [0.2, 0.25) is 0 Å². The van der Waals surface area contributed by atoms with Crippen LogP contribution in [0.5, 0.6) is 0 Å². The minimum atomic E-state index is -0.376. The fourth-order valence-electron chi connectivity index (χ4n) is 2.63. The number of thiophene rings is 1. The lowest BCUT2D eigenvalue weighted by molar-refractivity contribution is -0.384. The molecule has 0 aromatic carbocycles. The molecule has 3 rings (SSSR count). The highest BCUT2D eigenvalue weighted by Crippen LogP contribution is 2.28. The molecule has 2 aromatic heterocycles. The van der Waals surface area contributed by atoms with Crippen molar-refractivity contribution < 1.29 is 9.66 Å². The molecule has 0 saturated carbocycles. The van der Waals surface area contributed by atoms with Crippen LogP contribution in [0.4, 0.5) is 11.5 Å². The predicted molar refractivity (Wildman–Crippen MR) is 85.2 cm³/mol. The molecule has 0 bridgehead atoms. The summed E-state index contributed by atoms with van der Waals surface area (Å²) in [6.45, 7) is 1.99. The van der Waals surface area contributed by atoms with Gasteiger partial charge in [0.15, 0.2) is 0 Å². The van der Waals surface area contributed by atoms with E-state index in [1.54, 1.807) is 23.6 Å². The van der Waals surface area contributed by atoms with Crippen molar-refractivity contribution in [2.24, 2.45) is 0 Å². The number of pyridine rings is 1. The van der Waals surface area contributed by atoms with E-state index in [0.29, 0.717) is 18.9 Å². The summed E-state index contributed by atoms with van der Waals surface area (Å²) in [6, 6.07) is 7.11. The van der Waals surface area contributed by atoms with Crippen molar-refractivity contribution in [3.63, 3.8) is 0 Å². The molecule has 3 heterocycles. The van der Waals surface area contributed by atoms with Crippen LogP contribution in [0.25, 0.3) is 0 Å². The predicted octanol–water partition coefficient (Wildman–Crippen LogP) is 3.24. The monoisotopic (exact) mass is 319 g/mol. The molecule has 1 aliphatic heterocycles. The molecule has 0 spiro atoms. The normalized spacial score (nSPS) is 17.5. The summed E-state index contributed by atoms with van der Waals surface area (Å²) in [5.74, 6) is 0.413. The number of ether oxygens (including phenoxy) is 1. The van der Waals surface area contributed by atoms with Gasteiger partial charge in [-0.2, -0.15) is 0 Å². The first-order valence-electron chi connectivity index (χ1n) is 7.22. The Morgan fingerprint density at radius 1 is 1.45 bits per heavy atom. The number of hydrogen-bond acceptors (Lipinski definition) is 6. The third kappa shape index (κ3) is 3.42. The third-order valence-corrected chi connectivity index (χ3v) is 4.50. The Morgan fingerprint density at radius 3 is 3.05 bits per heavy atom. The zero-order valence-corrected chi connectivity index (χ0v) is 12.9. The summed E-state index contributed by atoms with van der Waals surface area (Å²) in [5, 5.41) is 13.3. The van der Waals surface area contributed by atoms with Gasteiger partial charge in [0.05, 0.1) is 17.6 Å². The number of nitrogens with zero attached hydrogens (tertiary/aromatic N) is 3. The van der Waals surface area contributed by atoms with Crippen LogP contribution in [0.15, 0.2) is 35.8 Å². The standard InChI is InChI=1S/C15H17N3O3S/c19-18(20)14-6-1-7-16-15(14)17(10-12-4-2-8-21-12)11-13-5-3-9-22-13/h1,3,5-7,9,12H,2,4,8,10-11H2/t12-/m0/s1. The quantitative estimate of drug-likeness (QED) is 0.604. The van der Waals surface area contributed by atoms with E-state index in [0.717, 1.165) is 24.3 Å². The lowest BCUT2D eigenvalue weighted by atomic mass is 10.2. The van der Waals surface area contributed by atoms with Gasteiger partial charge in [-0.05, 0) is 30.4 Å². The Morgan fingerprint density at radius 2 is 2.36 bits per heavy atom. The van der Waals surface area contributed by atoms with E-state index in [-0.39, 0.29) is 16.7 Å². The van der Waals surface area contributed by atoms with Crippen molar-refractivity contribution in [3.05, 3.63) is 50.8 Å². The summed E-state index contributed by atoms with van der Waals surface area (Å²) in [7, 11) is 0. The average Bonchev–Trinajstić information content (AvgIpc) is 3.20. The van der Waals surface area contributed by atoms with Gasteiger partial charge in [-0.15, -0.1) is 11.3 Å². The molecule has 6 nitrogen and oxygen atoms in total. The van der Waals surface area contributed by atoms with Crippen molar-refractivity contribution in [2.45, 2.75) is 25.5 Å². The topological polar surface area (TPSA) is 68.5 Å². The maximum absolute atomic E-state index is 11.3. The van der Waals surface area contributed by atoms with E-state index in [9.17, 15) is 10.1 Å². The van der Waals surface area contributed by atoms with E-state index in [2.05, 4.69) is 4.98 Å². The zero-order chi connectivity index (χ0) is 15.4. The van der Waals surface area contributed by atoms with Crippen LogP contribution in [0.3, 0.4) is 0 Å². The minimum absolute atomic E-state index is 0.0389. The maximum Gasteiger partial charge on any atom is 0.311 e. The Hall–Kier alpha value is -1.99. The van der Waals surface area contributed by atoms with Crippen LogP contribution >= 0.6 is 11.3 Å². The van der Waals surface area contributed by atoms with E-state index in [1.807, 2.05) is 22.4 Å². The van der Waals surface area contributed by atoms with Crippen molar-refractivity contribution in [1.82, 2.24) is 4.98 Å². The lowest BCUT2D eigenvalue weighted by Gasteiger charge is -2.25. The van der Waals surface area contributed by atoms with Gasteiger partial charge in [0.2, 0.25) is 5.82 Å². The van der Waals surface area contributed by atoms with Gasteiger partial charge in [0.1, 0.15) is 0 Å². The van der Waals surface area contributed by atoms with E-state index < -0.39 is 0 Å². The summed E-state index contributed by atoms with van der Waals surface area (Å²) < 4.78 is 5.69. The molecule has 1 atom stereocenters. The molecule has 2 aromatic rings. The lowest BCUT2D eigenvalue weighted by Crippen LogP contribution is -2.32. The van der Waals surface area contributed by atoms with Gasteiger partial charge >= 0.3 is 5.69 Å². The second-order valence-corrected chi connectivity index (χ2v) is 6.23. The van der Waals surface area contributed by atoms with Gasteiger partial charge in [0.25, 0.3) is 0 Å². The molecule has 22 heavy (non-hydrogen) atoms. The van der Waals surface area contributed by atoms with Crippen LogP contribution < -0.4 is 4.90 Å². The van der Waals surface area contributed by atoms with Crippen molar-refractivity contribution in [2.75, 3.05) is 18.1 Å². The molecule has 0 radical (unpaired) electrons. The van der Waals surface area contributed by atoms with E-state index in [4.69, 9.17) is 4.74 Å². The van der Waals surface area contributed by atoms with Crippen molar-refractivity contribution >= 4 is 22.8 Å². The Bertz CT molecular complexity index is 627. The Labute approximate surface area is 132 Å². The van der Waals surface area contributed by atoms with Gasteiger partial charge in [-0.1, -0.05) is 6.07 Å². The summed E-state index contributed by atoms with van der Waals surface area (Å²) in [5.41, 5.74) is 0.0389. The Balaban J connectivity index is 1.88. The Kier molecular flexibility index (Phi) is 4.65. The molecule has 1 aliphatic rings. The van der Waals surface area contributed by atoms with Crippen LogP contribution in [-0.2, 0) is 11.3 Å². The number of nitro groups is 1. The molecule has 7 heteroatoms. The number of anilines is 1. The molecular weight excluding hydrogens is 302 g/mol. The summed E-state index contributed by atoms with van der Waals surface area (Å²) >= 11 is 1.64. The molecule has 0 N–H and O–H groups in total. The fraction of sp³-hybridized carbons (Fsp3) is 0.400. The zero-order valence-electron chi connectivity index (χ0n) is 12.1. The number of hydrogen-bond donors (Lipinski definition) is 0. The van der Waals surface area contributed by atoms with Gasteiger partial charge in [-0.25, -0.2) is 4.98 Å². The van der Waals surface area contributed by atoms with E-state index >= 15 is 0 Å². The molecule has 0 aliphatic carbocycles. The average molecular weight is 319 g/mol. The molecule has 116 valence electrons. The van der Waals surface area contributed by atoms with Gasteiger partial charge in [-0.3, -0.25) is 10.1 Å².